The summed E-state index contributed by atoms with van der Waals surface area (Å²) in [6, 6.07) is 18.3. The van der Waals surface area contributed by atoms with Crippen molar-refractivity contribution in [2.24, 2.45) is 0 Å². The van der Waals surface area contributed by atoms with Crippen LogP contribution in [0.2, 0.25) is 0 Å². The second-order valence-corrected chi connectivity index (χ2v) is 7.60. The molecule has 0 aliphatic rings. The lowest BCUT2D eigenvalue weighted by Crippen LogP contribution is -2.19. The van der Waals surface area contributed by atoms with E-state index in [-0.39, 0.29) is 12.8 Å². The Hall–Kier alpha value is -3.56. The van der Waals surface area contributed by atoms with E-state index in [2.05, 4.69) is 36.8 Å². The molecule has 158 valence electrons. The van der Waals surface area contributed by atoms with Crippen molar-refractivity contribution in [1.29, 1.82) is 0 Å². The topological polar surface area (TPSA) is 114 Å². The number of ether oxygens (including phenoxy) is 2. The molecule has 2 amide bonds. The smallest absolute Gasteiger partial charge is 0.323 e. The average Bonchev–Trinajstić information content (AvgIpc) is 3.15. The molecular weight excluding hydrogens is 462 g/mol. The number of anilines is 3. The van der Waals surface area contributed by atoms with Gasteiger partial charge in [-0.2, -0.15) is 5.10 Å². The quantitative estimate of drug-likeness (QED) is 0.282. The first-order chi connectivity index (χ1) is 15.0. The number of rotatable bonds is 6. The summed E-state index contributed by atoms with van der Waals surface area (Å²) in [5, 5.41) is 13.4. The number of nitrogen functional groups attached to an aromatic ring is 1. The number of hydrogen-bond donors (Lipinski definition) is 4. The highest BCUT2D eigenvalue weighted by Gasteiger charge is 2.15. The zero-order chi connectivity index (χ0) is 21.8. The van der Waals surface area contributed by atoms with Crippen molar-refractivity contribution in [1.82, 2.24) is 10.2 Å². The van der Waals surface area contributed by atoms with E-state index in [0.717, 1.165) is 21.0 Å². The van der Waals surface area contributed by atoms with Gasteiger partial charge in [0.05, 0.1) is 5.39 Å². The normalized spacial score (nSPS) is 10.8. The number of H-pyrrole nitrogens is 1. The molecule has 1 heterocycles. The van der Waals surface area contributed by atoms with E-state index >= 15 is 0 Å². The molecule has 0 radical (unpaired) electrons. The number of aromatic nitrogens is 2. The molecule has 0 aliphatic carbocycles. The van der Waals surface area contributed by atoms with Crippen LogP contribution in [0.3, 0.4) is 0 Å². The number of carbonyl (C=O) groups excluding carboxylic acids is 1. The molecule has 0 fully saturated rings. The first-order valence-electron chi connectivity index (χ1n) is 9.37. The maximum atomic E-state index is 12.3. The fourth-order valence-corrected chi connectivity index (χ4v) is 3.61. The van der Waals surface area contributed by atoms with Crippen LogP contribution in [0.4, 0.5) is 22.0 Å². The summed E-state index contributed by atoms with van der Waals surface area (Å²) >= 11 is 3.38. The minimum atomic E-state index is -0.327. The van der Waals surface area contributed by atoms with Gasteiger partial charge in [0.1, 0.15) is 11.3 Å². The van der Waals surface area contributed by atoms with Crippen molar-refractivity contribution in [3.8, 4) is 16.9 Å². The summed E-state index contributed by atoms with van der Waals surface area (Å²) in [7, 11) is 1.56. The van der Waals surface area contributed by atoms with Crippen molar-refractivity contribution >= 4 is 50.1 Å². The Morgan fingerprint density at radius 2 is 1.87 bits per heavy atom. The van der Waals surface area contributed by atoms with Gasteiger partial charge in [-0.3, -0.25) is 5.10 Å². The molecular formula is C22H20BrN5O3. The first-order valence-corrected chi connectivity index (χ1v) is 10.2. The van der Waals surface area contributed by atoms with Crippen LogP contribution in [0, 0.1) is 0 Å². The number of nitrogens with two attached hydrogens (primary N) is 1. The molecule has 9 heteroatoms. The van der Waals surface area contributed by atoms with E-state index in [0.29, 0.717) is 28.5 Å². The molecule has 31 heavy (non-hydrogen) atoms. The van der Waals surface area contributed by atoms with Gasteiger partial charge in [0.2, 0.25) is 0 Å². The summed E-state index contributed by atoms with van der Waals surface area (Å²) in [4.78, 5) is 12.3. The number of nitrogens with zero attached hydrogens (tertiary/aromatic N) is 1. The van der Waals surface area contributed by atoms with E-state index in [1.54, 1.807) is 7.11 Å². The summed E-state index contributed by atoms with van der Waals surface area (Å²) < 4.78 is 11.4. The number of urea groups is 1. The fourth-order valence-electron chi connectivity index (χ4n) is 3.21. The number of methoxy groups -OCH3 is 1. The Bertz CT molecular complexity index is 1220. The predicted octanol–water partition coefficient (Wildman–Crippen LogP) is 5.20. The lowest BCUT2D eigenvalue weighted by Gasteiger charge is -2.11. The average molecular weight is 482 g/mol. The third kappa shape index (κ3) is 4.62. The van der Waals surface area contributed by atoms with Gasteiger partial charge in [-0.25, -0.2) is 4.79 Å². The number of halogens is 1. The zero-order valence-corrected chi connectivity index (χ0v) is 18.2. The molecule has 0 unspecified atom stereocenters. The van der Waals surface area contributed by atoms with Crippen LogP contribution in [-0.4, -0.2) is 30.1 Å². The number of aromatic amines is 1. The molecule has 0 spiro atoms. The van der Waals surface area contributed by atoms with E-state index < -0.39 is 0 Å². The number of benzene rings is 3. The van der Waals surface area contributed by atoms with Crippen LogP contribution in [0.1, 0.15) is 0 Å². The molecule has 0 aliphatic heterocycles. The molecule has 5 N–H and O–H groups in total. The van der Waals surface area contributed by atoms with Crippen LogP contribution < -0.4 is 21.1 Å². The molecule has 0 saturated heterocycles. The Morgan fingerprint density at radius 1 is 1.10 bits per heavy atom. The third-order valence-electron chi connectivity index (χ3n) is 4.58. The van der Waals surface area contributed by atoms with Gasteiger partial charge in [-0.05, 0) is 53.6 Å². The SMILES string of the molecule is COCOc1ccc(-c2ccc(NC(=O)Nc3cccc(Br)c3)cc2)c2c(N)n[nH]c12. The minimum Gasteiger partial charge on any atom is -0.465 e. The Balaban J connectivity index is 1.53. The molecule has 8 nitrogen and oxygen atoms in total. The van der Waals surface area contributed by atoms with Gasteiger partial charge in [0, 0.05) is 23.0 Å². The monoisotopic (exact) mass is 481 g/mol. The van der Waals surface area contributed by atoms with Crippen LogP contribution >= 0.6 is 15.9 Å². The van der Waals surface area contributed by atoms with Crippen LogP contribution in [0.25, 0.3) is 22.0 Å². The van der Waals surface area contributed by atoms with Gasteiger partial charge < -0.3 is 25.8 Å². The van der Waals surface area contributed by atoms with Crippen molar-refractivity contribution in [3.05, 3.63) is 65.1 Å². The highest BCUT2D eigenvalue weighted by atomic mass is 79.9. The standard InChI is InChI=1S/C22H20BrN5O3/c1-30-12-31-18-10-9-17(19-20(18)27-28-21(19)24)13-5-7-15(8-6-13)25-22(29)26-16-4-2-3-14(23)11-16/h2-11H,12H2,1H3,(H3,24,27,28)(H2,25,26,29). The maximum absolute atomic E-state index is 12.3. The molecule has 0 bridgehead atoms. The molecule has 4 aromatic rings. The van der Waals surface area contributed by atoms with Gasteiger partial charge in [0.15, 0.2) is 12.6 Å². The Labute approximate surface area is 186 Å². The molecule has 0 saturated carbocycles. The second kappa shape index (κ2) is 9.07. The fraction of sp³-hybridized carbons (Fsp3) is 0.0909. The van der Waals surface area contributed by atoms with Crippen LogP contribution in [0.5, 0.6) is 5.75 Å². The Kier molecular flexibility index (Phi) is 6.06. The second-order valence-electron chi connectivity index (χ2n) is 6.69. The summed E-state index contributed by atoms with van der Waals surface area (Å²) in [6.07, 6.45) is 0. The lowest BCUT2D eigenvalue weighted by molar-refractivity contribution is 0.0521. The van der Waals surface area contributed by atoms with E-state index in [1.165, 1.54) is 0 Å². The van der Waals surface area contributed by atoms with Crippen LogP contribution in [0.15, 0.2) is 65.1 Å². The molecule has 4 rings (SSSR count). The van der Waals surface area contributed by atoms with Gasteiger partial charge in [0.25, 0.3) is 0 Å². The first kappa shape index (κ1) is 20.7. The summed E-state index contributed by atoms with van der Waals surface area (Å²) in [5.74, 6) is 0.982. The van der Waals surface area contributed by atoms with E-state index in [9.17, 15) is 4.79 Å². The largest absolute Gasteiger partial charge is 0.465 e. The highest BCUT2D eigenvalue weighted by molar-refractivity contribution is 9.10. The molecule has 3 aromatic carbocycles. The number of fused-ring (bicyclic) bond motifs is 1. The molecule has 1 aromatic heterocycles. The summed E-state index contributed by atoms with van der Waals surface area (Å²) in [6.45, 7) is 0.121. The third-order valence-corrected chi connectivity index (χ3v) is 5.07. The van der Waals surface area contributed by atoms with Gasteiger partial charge in [-0.1, -0.05) is 34.1 Å². The number of nitrogens with one attached hydrogen (secondary N) is 3. The maximum Gasteiger partial charge on any atom is 0.323 e. The van der Waals surface area contributed by atoms with Crippen molar-refractivity contribution in [2.75, 3.05) is 30.3 Å². The van der Waals surface area contributed by atoms with Crippen molar-refractivity contribution in [2.45, 2.75) is 0 Å². The number of hydrogen-bond acceptors (Lipinski definition) is 5. The van der Waals surface area contributed by atoms with E-state index in [1.807, 2.05) is 60.7 Å². The number of amides is 2. The highest BCUT2D eigenvalue weighted by Crippen LogP contribution is 2.36. The zero-order valence-electron chi connectivity index (χ0n) is 16.6. The van der Waals surface area contributed by atoms with Crippen molar-refractivity contribution < 1.29 is 14.3 Å². The Morgan fingerprint density at radius 3 is 2.61 bits per heavy atom. The predicted molar refractivity (Wildman–Crippen MR) is 125 cm³/mol. The summed E-state index contributed by atoms with van der Waals surface area (Å²) in [5.41, 5.74) is 9.97. The molecule has 0 atom stereocenters. The van der Waals surface area contributed by atoms with E-state index in [4.69, 9.17) is 15.2 Å². The van der Waals surface area contributed by atoms with Gasteiger partial charge in [-0.15, -0.1) is 0 Å². The van der Waals surface area contributed by atoms with Crippen LogP contribution in [-0.2, 0) is 4.74 Å². The number of carbonyl (C=O) groups is 1. The lowest BCUT2D eigenvalue weighted by atomic mass is 10.0. The van der Waals surface area contributed by atoms with Gasteiger partial charge >= 0.3 is 6.03 Å². The van der Waals surface area contributed by atoms with Crippen molar-refractivity contribution in [3.63, 3.8) is 0 Å². The minimum absolute atomic E-state index is 0.121.